The second-order valence-corrected chi connectivity index (χ2v) is 4.35. The second kappa shape index (κ2) is 4.50. The van der Waals surface area contributed by atoms with E-state index < -0.39 is 0 Å². The number of pyridine rings is 1. The van der Waals surface area contributed by atoms with Crippen molar-refractivity contribution in [3.05, 3.63) is 52.8 Å². The van der Waals surface area contributed by atoms with Crippen LogP contribution in [0.5, 0.6) is 0 Å². The Hall–Kier alpha value is -1.96. The molecule has 2 aromatic rings. The Balaban J connectivity index is 2.72. The van der Waals surface area contributed by atoms with Crippen LogP contribution in [0.4, 0.5) is 0 Å². The maximum atomic E-state index is 11.1. The van der Waals surface area contributed by atoms with Gasteiger partial charge in [-0.15, -0.1) is 0 Å². The summed E-state index contributed by atoms with van der Waals surface area (Å²) in [5, 5.41) is 0. The first-order chi connectivity index (χ1) is 8.13. The van der Waals surface area contributed by atoms with Crippen molar-refractivity contribution in [2.75, 3.05) is 0 Å². The number of rotatable bonds is 2. The van der Waals surface area contributed by atoms with E-state index in [9.17, 15) is 4.79 Å². The lowest BCUT2D eigenvalue weighted by atomic mass is 9.92. The molecule has 0 aliphatic rings. The molecule has 0 saturated heterocycles. The van der Waals surface area contributed by atoms with Gasteiger partial charge in [-0.2, -0.15) is 0 Å². The number of nitrogens with zero attached hydrogens (tertiary/aromatic N) is 1. The lowest BCUT2D eigenvalue weighted by Gasteiger charge is -2.12. The predicted octanol–water partition coefficient (Wildman–Crippen LogP) is 3.49. The molecule has 0 fully saturated rings. The molecule has 0 radical (unpaired) electrons. The van der Waals surface area contributed by atoms with E-state index in [0.717, 1.165) is 17.4 Å². The van der Waals surface area contributed by atoms with Gasteiger partial charge in [-0.1, -0.05) is 17.7 Å². The van der Waals surface area contributed by atoms with E-state index in [1.807, 2.05) is 6.07 Å². The van der Waals surface area contributed by atoms with Gasteiger partial charge in [0.25, 0.3) is 0 Å². The Kier molecular flexibility index (Phi) is 3.05. The summed E-state index contributed by atoms with van der Waals surface area (Å²) in [4.78, 5) is 15.0. The van der Waals surface area contributed by atoms with Gasteiger partial charge in [-0.3, -0.25) is 9.78 Å². The molecule has 0 unspecified atom stereocenters. The highest BCUT2D eigenvalue weighted by atomic mass is 16.1. The molecule has 0 spiro atoms. The van der Waals surface area contributed by atoms with Gasteiger partial charge in [-0.05, 0) is 49.1 Å². The van der Waals surface area contributed by atoms with Gasteiger partial charge >= 0.3 is 0 Å². The predicted molar refractivity (Wildman–Crippen MR) is 69.3 cm³/mol. The van der Waals surface area contributed by atoms with E-state index in [0.29, 0.717) is 5.56 Å². The molecular formula is C15H15NO. The molecule has 0 amide bonds. The van der Waals surface area contributed by atoms with Crippen molar-refractivity contribution in [3.63, 3.8) is 0 Å². The van der Waals surface area contributed by atoms with Gasteiger partial charge in [0, 0.05) is 18.0 Å². The lowest BCUT2D eigenvalue weighted by Crippen LogP contribution is -1.94. The van der Waals surface area contributed by atoms with Crippen molar-refractivity contribution in [1.82, 2.24) is 4.98 Å². The van der Waals surface area contributed by atoms with Crippen LogP contribution < -0.4 is 0 Å². The standard InChI is InChI=1S/C15H15NO/c1-10-6-11(2)15(12(3)7-10)14-4-5-16-8-13(14)9-17/h4-9H,1-3H3. The highest BCUT2D eigenvalue weighted by Crippen LogP contribution is 2.29. The van der Waals surface area contributed by atoms with Gasteiger partial charge in [-0.25, -0.2) is 0 Å². The van der Waals surface area contributed by atoms with Crippen molar-refractivity contribution in [1.29, 1.82) is 0 Å². The SMILES string of the molecule is Cc1cc(C)c(-c2ccncc2C=O)c(C)c1. The summed E-state index contributed by atoms with van der Waals surface area (Å²) in [5.74, 6) is 0. The Bertz CT molecular complexity index is 550. The quantitative estimate of drug-likeness (QED) is 0.732. The van der Waals surface area contributed by atoms with Crippen LogP contribution in [-0.2, 0) is 0 Å². The smallest absolute Gasteiger partial charge is 0.152 e. The summed E-state index contributed by atoms with van der Waals surface area (Å²) in [6, 6.07) is 6.17. The zero-order chi connectivity index (χ0) is 12.4. The number of hydrogen-bond acceptors (Lipinski definition) is 2. The van der Waals surface area contributed by atoms with Crippen LogP contribution in [0, 0.1) is 20.8 Å². The minimum absolute atomic E-state index is 0.641. The molecular weight excluding hydrogens is 210 g/mol. The third kappa shape index (κ3) is 2.11. The Morgan fingerprint density at radius 3 is 2.35 bits per heavy atom. The Labute approximate surface area is 101 Å². The molecule has 0 saturated carbocycles. The first-order valence-electron chi connectivity index (χ1n) is 5.61. The van der Waals surface area contributed by atoms with Crippen LogP contribution >= 0.6 is 0 Å². The second-order valence-electron chi connectivity index (χ2n) is 4.35. The molecule has 2 heteroatoms. The summed E-state index contributed by atoms with van der Waals surface area (Å²) < 4.78 is 0. The molecule has 0 bridgehead atoms. The number of aldehydes is 1. The van der Waals surface area contributed by atoms with Crippen molar-refractivity contribution in [2.24, 2.45) is 0 Å². The van der Waals surface area contributed by atoms with Crippen molar-refractivity contribution < 1.29 is 4.79 Å². The Morgan fingerprint density at radius 2 is 1.76 bits per heavy atom. The van der Waals surface area contributed by atoms with E-state index in [2.05, 4.69) is 37.9 Å². The third-order valence-corrected chi connectivity index (χ3v) is 2.93. The zero-order valence-electron chi connectivity index (χ0n) is 10.3. The maximum Gasteiger partial charge on any atom is 0.152 e. The van der Waals surface area contributed by atoms with Crippen molar-refractivity contribution in [3.8, 4) is 11.1 Å². The molecule has 1 aromatic carbocycles. The average Bonchev–Trinajstić information content (AvgIpc) is 2.28. The van der Waals surface area contributed by atoms with E-state index in [4.69, 9.17) is 0 Å². The van der Waals surface area contributed by atoms with Crippen LogP contribution in [0.3, 0.4) is 0 Å². The van der Waals surface area contributed by atoms with E-state index in [-0.39, 0.29) is 0 Å². The average molecular weight is 225 g/mol. The van der Waals surface area contributed by atoms with Gasteiger partial charge in [0.15, 0.2) is 6.29 Å². The summed E-state index contributed by atoms with van der Waals surface area (Å²) in [6.07, 6.45) is 4.20. The fourth-order valence-corrected chi connectivity index (χ4v) is 2.33. The van der Waals surface area contributed by atoms with Gasteiger partial charge in [0.2, 0.25) is 0 Å². The molecule has 1 heterocycles. The van der Waals surface area contributed by atoms with Crippen LogP contribution in [0.2, 0.25) is 0 Å². The minimum Gasteiger partial charge on any atom is -0.298 e. The van der Waals surface area contributed by atoms with E-state index >= 15 is 0 Å². The summed E-state index contributed by atoms with van der Waals surface area (Å²) in [7, 11) is 0. The highest BCUT2D eigenvalue weighted by Gasteiger charge is 2.10. The minimum atomic E-state index is 0.641. The number of carbonyl (C=O) groups is 1. The number of carbonyl (C=O) groups excluding carboxylic acids is 1. The molecule has 0 aliphatic heterocycles. The maximum absolute atomic E-state index is 11.1. The van der Waals surface area contributed by atoms with E-state index in [1.54, 1.807) is 12.4 Å². The lowest BCUT2D eigenvalue weighted by molar-refractivity contribution is 0.112. The van der Waals surface area contributed by atoms with Gasteiger partial charge < -0.3 is 0 Å². The fraction of sp³-hybridized carbons (Fsp3) is 0.200. The van der Waals surface area contributed by atoms with Crippen LogP contribution in [0.15, 0.2) is 30.6 Å². The molecule has 2 nitrogen and oxygen atoms in total. The number of aromatic nitrogens is 1. The Morgan fingerprint density at radius 1 is 1.12 bits per heavy atom. The summed E-state index contributed by atoms with van der Waals surface area (Å²) >= 11 is 0. The molecule has 0 N–H and O–H groups in total. The fourth-order valence-electron chi connectivity index (χ4n) is 2.33. The molecule has 1 aromatic heterocycles. The van der Waals surface area contributed by atoms with Crippen molar-refractivity contribution in [2.45, 2.75) is 20.8 Å². The van der Waals surface area contributed by atoms with Crippen LogP contribution in [-0.4, -0.2) is 11.3 Å². The normalized spacial score (nSPS) is 10.3. The number of aryl methyl sites for hydroxylation is 3. The molecule has 2 rings (SSSR count). The van der Waals surface area contributed by atoms with Gasteiger partial charge in [0.05, 0.1) is 0 Å². The van der Waals surface area contributed by atoms with Crippen molar-refractivity contribution >= 4 is 6.29 Å². The first kappa shape index (κ1) is 11.5. The van der Waals surface area contributed by atoms with Crippen LogP contribution in [0.25, 0.3) is 11.1 Å². The molecule has 0 aliphatic carbocycles. The molecule has 17 heavy (non-hydrogen) atoms. The monoisotopic (exact) mass is 225 g/mol. The van der Waals surface area contributed by atoms with Gasteiger partial charge in [0.1, 0.15) is 0 Å². The molecule has 0 atom stereocenters. The molecule has 86 valence electrons. The zero-order valence-corrected chi connectivity index (χ0v) is 10.3. The van der Waals surface area contributed by atoms with Crippen LogP contribution in [0.1, 0.15) is 27.0 Å². The summed E-state index contributed by atoms with van der Waals surface area (Å²) in [5.41, 5.74) is 6.37. The summed E-state index contributed by atoms with van der Waals surface area (Å²) in [6.45, 7) is 6.23. The number of hydrogen-bond donors (Lipinski definition) is 0. The topological polar surface area (TPSA) is 30.0 Å². The largest absolute Gasteiger partial charge is 0.298 e. The highest BCUT2D eigenvalue weighted by molar-refractivity contribution is 5.88. The number of benzene rings is 1. The third-order valence-electron chi connectivity index (χ3n) is 2.93. The first-order valence-corrected chi connectivity index (χ1v) is 5.61. The van der Waals surface area contributed by atoms with E-state index in [1.165, 1.54) is 16.7 Å².